The first kappa shape index (κ1) is 19.2. The van der Waals surface area contributed by atoms with Crippen LogP contribution in [0.3, 0.4) is 0 Å². The van der Waals surface area contributed by atoms with Gasteiger partial charge in [0.25, 0.3) is 0 Å². The highest BCUT2D eigenvalue weighted by Gasteiger charge is 2.46. The van der Waals surface area contributed by atoms with E-state index in [-0.39, 0.29) is 11.5 Å². The van der Waals surface area contributed by atoms with Gasteiger partial charge < -0.3 is 16.4 Å². The monoisotopic (exact) mass is 426 g/mol. The van der Waals surface area contributed by atoms with E-state index in [0.29, 0.717) is 5.82 Å². The maximum Gasteiger partial charge on any atom is 0.155 e. The van der Waals surface area contributed by atoms with Crippen LogP contribution in [-0.2, 0) is 6.42 Å². The van der Waals surface area contributed by atoms with Crippen LogP contribution in [0.15, 0.2) is 48.9 Å². The van der Waals surface area contributed by atoms with E-state index in [1.807, 2.05) is 42.0 Å². The molecule has 1 saturated heterocycles. The summed E-state index contributed by atoms with van der Waals surface area (Å²) in [5.41, 5.74) is 18.8. The van der Waals surface area contributed by atoms with Crippen LogP contribution in [0, 0.1) is 12.3 Å². The molecular formula is C24H26N8. The smallest absolute Gasteiger partial charge is 0.155 e. The van der Waals surface area contributed by atoms with Gasteiger partial charge in [-0.05, 0) is 61.4 Å². The molecule has 1 fully saturated rings. The van der Waals surface area contributed by atoms with Crippen molar-refractivity contribution in [3.8, 4) is 11.3 Å². The van der Waals surface area contributed by atoms with E-state index < -0.39 is 0 Å². The number of anilines is 2. The Kier molecular flexibility index (Phi) is 4.19. The number of hydrogen-bond donors (Lipinski definition) is 2. The number of aromatic nitrogens is 5. The second-order valence-corrected chi connectivity index (χ2v) is 9.01. The standard InChI is InChI=1S/C24H26N8/c1-15-21(16-4-5-20(25)28-14-16)32-19(6-10-29-32)23(30-15)31-11-7-24(8-12-31)13-18-17(22(24)26)3-2-9-27-18/h2-6,9-10,14,22H,7-8,11-13,26H2,1H3,(H2,25,28)/t22-/m1/s1. The SMILES string of the molecule is Cc1nc(N2CCC3(CC2)Cc2ncccc2[C@H]3N)c2ccnn2c1-c1ccc(N)nc1. The molecule has 1 spiro atoms. The molecule has 5 heterocycles. The summed E-state index contributed by atoms with van der Waals surface area (Å²) in [5, 5.41) is 4.61. The number of pyridine rings is 2. The van der Waals surface area contributed by atoms with E-state index in [9.17, 15) is 0 Å². The number of aryl methyl sites for hydroxylation is 1. The van der Waals surface area contributed by atoms with Gasteiger partial charge in [-0.1, -0.05) is 6.07 Å². The summed E-state index contributed by atoms with van der Waals surface area (Å²) in [6.07, 6.45) is 8.49. The topological polar surface area (TPSA) is 111 Å². The molecule has 32 heavy (non-hydrogen) atoms. The summed E-state index contributed by atoms with van der Waals surface area (Å²) in [6, 6.07) is 9.98. The molecule has 4 aromatic heterocycles. The van der Waals surface area contributed by atoms with E-state index >= 15 is 0 Å². The minimum Gasteiger partial charge on any atom is -0.384 e. The number of rotatable bonds is 2. The van der Waals surface area contributed by atoms with Crippen molar-refractivity contribution in [3.63, 3.8) is 0 Å². The van der Waals surface area contributed by atoms with Gasteiger partial charge in [0.1, 0.15) is 11.3 Å². The van der Waals surface area contributed by atoms with Gasteiger partial charge >= 0.3 is 0 Å². The Bertz CT molecular complexity index is 1300. The fraction of sp³-hybridized carbons (Fsp3) is 0.333. The van der Waals surface area contributed by atoms with E-state index in [1.165, 1.54) is 11.3 Å². The van der Waals surface area contributed by atoms with Gasteiger partial charge in [0.2, 0.25) is 0 Å². The number of piperidine rings is 1. The lowest BCUT2D eigenvalue weighted by Crippen LogP contribution is -2.44. The Hall–Kier alpha value is -3.52. The Balaban J connectivity index is 1.32. The molecule has 1 atom stereocenters. The van der Waals surface area contributed by atoms with E-state index in [4.69, 9.17) is 16.5 Å². The molecule has 1 aliphatic carbocycles. The van der Waals surface area contributed by atoms with E-state index in [1.54, 1.807) is 12.3 Å². The molecular weight excluding hydrogens is 400 g/mol. The molecule has 4 aromatic rings. The third-order valence-electron chi connectivity index (χ3n) is 7.26. The van der Waals surface area contributed by atoms with Gasteiger partial charge in [-0.15, -0.1) is 0 Å². The lowest BCUT2D eigenvalue weighted by Gasteiger charge is -2.42. The molecule has 0 aromatic carbocycles. The van der Waals surface area contributed by atoms with Crippen LogP contribution in [0.5, 0.6) is 0 Å². The van der Waals surface area contributed by atoms with Crippen molar-refractivity contribution in [2.75, 3.05) is 23.7 Å². The highest BCUT2D eigenvalue weighted by molar-refractivity contribution is 5.75. The molecule has 0 saturated carbocycles. The van der Waals surface area contributed by atoms with Gasteiger partial charge in [0.15, 0.2) is 5.82 Å². The lowest BCUT2D eigenvalue weighted by atomic mass is 9.73. The van der Waals surface area contributed by atoms with Crippen LogP contribution in [-0.4, -0.2) is 37.7 Å². The molecule has 0 radical (unpaired) electrons. The average Bonchev–Trinajstić information content (AvgIpc) is 3.39. The van der Waals surface area contributed by atoms with Crippen molar-refractivity contribution in [2.24, 2.45) is 11.1 Å². The fourth-order valence-corrected chi connectivity index (χ4v) is 5.49. The van der Waals surface area contributed by atoms with Crippen molar-refractivity contribution in [1.29, 1.82) is 0 Å². The molecule has 8 nitrogen and oxygen atoms in total. The minimum absolute atomic E-state index is 0.0541. The minimum atomic E-state index is 0.0541. The zero-order chi connectivity index (χ0) is 21.9. The van der Waals surface area contributed by atoms with Gasteiger partial charge in [-0.25, -0.2) is 14.5 Å². The zero-order valence-electron chi connectivity index (χ0n) is 18.1. The zero-order valence-corrected chi connectivity index (χ0v) is 18.1. The molecule has 0 bridgehead atoms. The number of fused-ring (bicyclic) bond motifs is 2. The Labute approximate surface area is 186 Å². The number of nitrogens with zero attached hydrogens (tertiary/aromatic N) is 6. The van der Waals surface area contributed by atoms with E-state index in [0.717, 1.165) is 60.6 Å². The highest BCUT2D eigenvalue weighted by Crippen LogP contribution is 2.50. The van der Waals surface area contributed by atoms with Gasteiger partial charge in [0.05, 0.1) is 17.6 Å². The first-order valence-corrected chi connectivity index (χ1v) is 11.1. The highest BCUT2D eigenvalue weighted by atomic mass is 15.3. The quantitative estimate of drug-likeness (QED) is 0.507. The van der Waals surface area contributed by atoms with Crippen molar-refractivity contribution < 1.29 is 0 Å². The van der Waals surface area contributed by atoms with Gasteiger partial charge in [0, 0.05) is 42.8 Å². The van der Waals surface area contributed by atoms with Crippen LogP contribution in [0.2, 0.25) is 0 Å². The van der Waals surface area contributed by atoms with Crippen molar-refractivity contribution in [1.82, 2.24) is 24.6 Å². The Morgan fingerprint density at radius 3 is 2.66 bits per heavy atom. The molecule has 6 rings (SSSR count). The fourth-order valence-electron chi connectivity index (χ4n) is 5.49. The normalized spacial score (nSPS) is 19.6. The van der Waals surface area contributed by atoms with Gasteiger partial charge in [-0.3, -0.25) is 4.98 Å². The maximum atomic E-state index is 6.73. The molecule has 2 aliphatic rings. The predicted molar refractivity (Wildman–Crippen MR) is 124 cm³/mol. The summed E-state index contributed by atoms with van der Waals surface area (Å²) in [6.45, 7) is 3.85. The third-order valence-corrected chi connectivity index (χ3v) is 7.26. The summed E-state index contributed by atoms with van der Waals surface area (Å²) in [4.78, 5) is 16.3. The predicted octanol–water partition coefficient (Wildman–Crippen LogP) is 2.92. The van der Waals surface area contributed by atoms with Crippen LogP contribution in [0.25, 0.3) is 16.8 Å². The largest absolute Gasteiger partial charge is 0.384 e. The summed E-state index contributed by atoms with van der Waals surface area (Å²) >= 11 is 0. The second kappa shape index (κ2) is 7.00. The van der Waals surface area contributed by atoms with E-state index in [2.05, 4.69) is 26.0 Å². The summed E-state index contributed by atoms with van der Waals surface area (Å²) in [7, 11) is 0. The molecule has 1 aliphatic heterocycles. The van der Waals surface area contributed by atoms with Crippen LogP contribution in [0.4, 0.5) is 11.6 Å². The molecule has 8 heteroatoms. The summed E-state index contributed by atoms with van der Waals surface area (Å²) < 4.78 is 1.97. The lowest BCUT2D eigenvalue weighted by molar-refractivity contribution is 0.187. The first-order chi connectivity index (χ1) is 15.6. The van der Waals surface area contributed by atoms with Crippen LogP contribution in [0.1, 0.15) is 35.8 Å². The summed E-state index contributed by atoms with van der Waals surface area (Å²) in [5.74, 6) is 1.47. The average molecular weight is 427 g/mol. The molecule has 4 N–H and O–H groups in total. The number of hydrogen-bond acceptors (Lipinski definition) is 7. The number of nitrogens with two attached hydrogens (primary N) is 2. The second-order valence-electron chi connectivity index (χ2n) is 9.01. The number of nitrogen functional groups attached to an aromatic ring is 1. The first-order valence-electron chi connectivity index (χ1n) is 11.1. The molecule has 0 unspecified atom stereocenters. The van der Waals surface area contributed by atoms with Crippen LogP contribution < -0.4 is 16.4 Å². The van der Waals surface area contributed by atoms with Crippen molar-refractivity contribution in [2.45, 2.75) is 32.2 Å². The Morgan fingerprint density at radius 2 is 1.91 bits per heavy atom. The molecule has 162 valence electrons. The third kappa shape index (κ3) is 2.79. The van der Waals surface area contributed by atoms with Crippen molar-refractivity contribution in [3.05, 3.63) is 65.9 Å². The van der Waals surface area contributed by atoms with Gasteiger partial charge in [-0.2, -0.15) is 5.10 Å². The van der Waals surface area contributed by atoms with Crippen molar-refractivity contribution >= 4 is 17.2 Å². The Morgan fingerprint density at radius 1 is 1.06 bits per heavy atom. The maximum absolute atomic E-state index is 6.73. The van der Waals surface area contributed by atoms with Crippen LogP contribution >= 0.6 is 0 Å². The molecule has 0 amide bonds.